The molecule has 0 fully saturated rings. The van der Waals surface area contributed by atoms with Crippen LogP contribution in [0, 0.1) is 18.3 Å². The first-order valence-electron chi connectivity index (χ1n) is 11.6. The fraction of sp³-hybridized carbons (Fsp3) is 0.103. The number of rotatable bonds is 8. The number of nitrogens with zero attached hydrogens (tertiary/aromatic N) is 1. The van der Waals surface area contributed by atoms with E-state index < -0.39 is 17.1 Å². The maximum absolute atomic E-state index is 13.0. The zero-order chi connectivity index (χ0) is 27.2. The van der Waals surface area contributed by atoms with Crippen LogP contribution in [0.1, 0.15) is 38.8 Å². The summed E-state index contributed by atoms with van der Waals surface area (Å²) in [5.41, 5.74) is 3.68. The average Bonchev–Trinajstić information content (AvgIpc) is 3.31. The molecular formula is C29H23N3O4S2. The van der Waals surface area contributed by atoms with E-state index in [0.717, 1.165) is 21.6 Å². The fourth-order valence-electron chi connectivity index (χ4n) is 3.69. The van der Waals surface area contributed by atoms with E-state index in [9.17, 15) is 24.8 Å². The van der Waals surface area contributed by atoms with E-state index in [-0.39, 0.29) is 17.0 Å². The molecule has 4 aromatic rings. The van der Waals surface area contributed by atoms with E-state index in [2.05, 4.69) is 16.7 Å². The van der Waals surface area contributed by atoms with Crippen LogP contribution in [0.5, 0.6) is 0 Å². The third-order valence-corrected chi connectivity index (χ3v) is 7.67. The number of nitriles is 1. The van der Waals surface area contributed by atoms with Gasteiger partial charge in [-0.1, -0.05) is 48.0 Å². The number of carboxylic acid groups (broad SMARTS) is 1. The molecule has 3 N–H and O–H groups in total. The number of carbonyl (C=O) groups is 3. The molecule has 9 heteroatoms. The third-order valence-electron chi connectivity index (χ3n) is 5.68. The highest BCUT2D eigenvalue weighted by Crippen LogP contribution is 2.36. The number of thiophene rings is 1. The lowest BCUT2D eigenvalue weighted by Crippen LogP contribution is -2.22. The Labute approximate surface area is 228 Å². The topological polar surface area (TPSA) is 119 Å². The summed E-state index contributed by atoms with van der Waals surface area (Å²) in [6.45, 7) is 3.75. The lowest BCUT2D eigenvalue weighted by Gasteiger charge is -2.13. The predicted molar refractivity (Wildman–Crippen MR) is 151 cm³/mol. The van der Waals surface area contributed by atoms with E-state index in [0.29, 0.717) is 16.3 Å². The second-order valence-electron chi connectivity index (χ2n) is 8.41. The first-order chi connectivity index (χ1) is 18.3. The number of nitrogens with one attached hydrogen (secondary N) is 2. The van der Waals surface area contributed by atoms with Crippen LogP contribution in [0.2, 0.25) is 0 Å². The molecule has 0 bridgehead atoms. The minimum absolute atomic E-state index is 0.0556. The zero-order valence-electron chi connectivity index (χ0n) is 20.5. The number of anilines is 2. The minimum atomic E-state index is -1.18. The van der Waals surface area contributed by atoms with Gasteiger partial charge >= 0.3 is 5.97 Å². The summed E-state index contributed by atoms with van der Waals surface area (Å²) in [7, 11) is 0. The molecular weight excluding hydrogens is 518 g/mol. The molecule has 1 heterocycles. The van der Waals surface area contributed by atoms with Gasteiger partial charge in [-0.05, 0) is 49.7 Å². The first-order valence-corrected chi connectivity index (χ1v) is 13.3. The lowest BCUT2D eigenvalue weighted by molar-refractivity contribution is -0.115. The molecule has 0 radical (unpaired) electrons. The number of carbonyl (C=O) groups excluding carboxylic acids is 2. The summed E-state index contributed by atoms with van der Waals surface area (Å²) >= 11 is 2.61. The molecule has 0 aliphatic heterocycles. The highest BCUT2D eigenvalue weighted by molar-refractivity contribution is 8.00. The van der Waals surface area contributed by atoms with Gasteiger partial charge < -0.3 is 15.7 Å². The Morgan fingerprint density at radius 1 is 0.974 bits per heavy atom. The Balaban J connectivity index is 1.43. The van der Waals surface area contributed by atoms with Gasteiger partial charge in [0.25, 0.3) is 5.91 Å². The highest BCUT2D eigenvalue weighted by atomic mass is 32.2. The van der Waals surface area contributed by atoms with Crippen molar-refractivity contribution in [2.24, 2.45) is 0 Å². The van der Waals surface area contributed by atoms with E-state index in [4.69, 9.17) is 0 Å². The molecule has 0 aliphatic rings. The van der Waals surface area contributed by atoms with Gasteiger partial charge in [0.15, 0.2) is 0 Å². The molecule has 0 saturated carbocycles. The summed E-state index contributed by atoms with van der Waals surface area (Å²) in [4.78, 5) is 37.8. The Morgan fingerprint density at radius 2 is 1.68 bits per heavy atom. The Bertz CT molecular complexity index is 1550. The highest BCUT2D eigenvalue weighted by Gasteiger charge is 2.20. The van der Waals surface area contributed by atoms with Gasteiger partial charge in [0.05, 0.1) is 21.9 Å². The van der Waals surface area contributed by atoms with Crippen molar-refractivity contribution in [3.8, 4) is 17.2 Å². The molecule has 1 unspecified atom stereocenters. The molecule has 2 amide bonds. The summed E-state index contributed by atoms with van der Waals surface area (Å²) in [6, 6.07) is 23.0. The van der Waals surface area contributed by atoms with Crippen LogP contribution < -0.4 is 10.6 Å². The van der Waals surface area contributed by atoms with Gasteiger partial charge in [0.2, 0.25) is 5.91 Å². The standard InChI is InChI=1S/C29H23N3O4S2/c1-17-10-12-19(13-11-17)25-16-37-28(24(25)15-30)32-26(33)18(2)38-21-7-5-6-20(14-21)31-27(34)22-8-3-4-9-23(22)29(35)36/h3-14,16,18H,1-2H3,(H,31,34)(H,32,33)(H,35,36). The van der Waals surface area contributed by atoms with Gasteiger partial charge in [-0.2, -0.15) is 5.26 Å². The molecule has 1 atom stereocenters. The fourth-order valence-corrected chi connectivity index (χ4v) is 5.54. The van der Waals surface area contributed by atoms with Gasteiger partial charge in [0, 0.05) is 21.5 Å². The Kier molecular flexibility index (Phi) is 8.26. The Morgan fingerprint density at radius 3 is 2.37 bits per heavy atom. The number of benzene rings is 3. The lowest BCUT2D eigenvalue weighted by atomic mass is 10.0. The third kappa shape index (κ3) is 6.11. The number of hydrogen-bond acceptors (Lipinski definition) is 6. The number of thioether (sulfide) groups is 1. The van der Waals surface area contributed by atoms with Crippen molar-refractivity contribution in [2.45, 2.75) is 24.0 Å². The summed E-state index contributed by atoms with van der Waals surface area (Å²) in [5, 5.41) is 26.6. The summed E-state index contributed by atoms with van der Waals surface area (Å²) < 4.78 is 0. The van der Waals surface area contributed by atoms with E-state index in [1.165, 1.54) is 35.2 Å². The van der Waals surface area contributed by atoms with Crippen molar-refractivity contribution < 1.29 is 19.5 Å². The van der Waals surface area contributed by atoms with Crippen molar-refractivity contribution in [3.05, 3.63) is 100 Å². The second kappa shape index (κ2) is 11.8. The molecule has 4 rings (SSSR count). The van der Waals surface area contributed by atoms with E-state index in [1.54, 1.807) is 37.3 Å². The normalized spacial score (nSPS) is 11.3. The average molecular weight is 542 g/mol. The van der Waals surface area contributed by atoms with Gasteiger partial charge in [-0.15, -0.1) is 23.1 Å². The second-order valence-corrected chi connectivity index (χ2v) is 10.7. The quantitative estimate of drug-likeness (QED) is 0.215. The summed E-state index contributed by atoms with van der Waals surface area (Å²) in [6.07, 6.45) is 0. The zero-order valence-corrected chi connectivity index (χ0v) is 22.2. The van der Waals surface area contributed by atoms with Crippen molar-refractivity contribution in [3.63, 3.8) is 0 Å². The van der Waals surface area contributed by atoms with Crippen molar-refractivity contribution in [1.82, 2.24) is 0 Å². The first kappa shape index (κ1) is 26.7. The smallest absolute Gasteiger partial charge is 0.336 e. The Hall–Kier alpha value is -4.39. The van der Waals surface area contributed by atoms with Crippen LogP contribution in [-0.4, -0.2) is 28.1 Å². The van der Waals surface area contributed by atoms with Gasteiger partial charge in [-0.3, -0.25) is 9.59 Å². The van der Waals surface area contributed by atoms with Gasteiger partial charge in [-0.25, -0.2) is 4.79 Å². The number of amides is 2. The van der Waals surface area contributed by atoms with E-state index in [1.807, 2.05) is 42.6 Å². The van der Waals surface area contributed by atoms with Crippen LogP contribution in [0.4, 0.5) is 10.7 Å². The SMILES string of the molecule is Cc1ccc(-c2csc(NC(=O)C(C)Sc3cccc(NC(=O)c4ccccc4C(=O)O)c3)c2C#N)cc1. The largest absolute Gasteiger partial charge is 0.478 e. The molecule has 3 aromatic carbocycles. The van der Waals surface area contributed by atoms with Crippen LogP contribution in [0.3, 0.4) is 0 Å². The van der Waals surface area contributed by atoms with Crippen molar-refractivity contribution in [2.75, 3.05) is 10.6 Å². The van der Waals surface area contributed by atoms with E-state index >= 15 is 0 Å². The number of carboxylic acids is 1. The van der Waals surface area contributed by atoms with Crippen LogP contribution >= 0.6 is 23.1 Å². The summed E-state index contributed by atoms with van der Waals surface area (Å²) in [5.74, 6) is -1.98. The van der Waals surface area contributed by atoms with Crippen LogP contribution in [0.25, 0.3) is 11.1 Å². The minimum Gasteiger partial charge on any atom is -0.478 e. The molecule has 7 nitrogen and oxygen atoms in total. The van der Waals surface area contributed by atoms with Crippen molar-refractivity contribution >= 4 is 51.6 Å². The molecule has 1 aromatic heterocycles. The van der Waals surface area contributed by atoms with Crippen LogP contribution in [0.15, 0.2) is 83.1 Å². The predicted octanol–water partition coefficient (Wildman–Crippen LogP) is 6.67. The van der Waals surface area contributed by atoms with Crippen molar-refractivity contribution in [1.29, 1.82) is 5.26 Å². The molecule has 0 aliphatic carbocycles. The maximum atomic E-state index is 13.0. The molecule has 0 spiro atoms. The van der Waals surface area contributed by atoms with Gasteiger partial charge in [0.1, 0.15) is 11.1 Å². The molecule has 190 valence electrons. The number of aryl methyl sites for hydroxylation is 1. The molecule has 0 saturated heterocycles. The monoisotopic (exact) mass is 541 g/mol. The number of aromatic carboxylic acids is 1. The van der Waals surface area contributed by atoms with Crippen LogP contribution in [-0.2, 0) is 4.79 Å². The maximum Gasteiger partial charge on any atom is 0.336 e. The number of hydrogen-bond donors (Lipinski definition) is 3. The molecule has 38 heavy (non-hydrogen) atoms.